The SMILES string of the molecule is C=CCC(NC(=O)N(CC)CC(C)C)C(=O)O. The van der Waals surface area contributed by atoms with Gasteiger partial charge in [0.15, 0.2) is 0 Å². The highest BCUT2D eigenvalue weighted by atomic mass is 16.4. The number of nitrogens with one attached hydrogen (secondary N) is 1. The van der Waals surface area contributed by atoms with Crippen molar-refractivity contribution in [1.82, 2.24) is 10.2 Å². The van der Waals surface area contributed by atoms with E-state index in [4.69, 9.17) is 5.11 Å². The first-order valence-corrected chi connectivity index (χ1v) is 5.81. The molecule has 0 bridgehead atoms. The van der Waals surface area contributed by atoms with Gasteiger partial charge in [-0.2, -0.15) is 0 Å². The van der Waals surface area contributed by atoms with Crippen LogP contribution in [0.4, 0.5) is 4.79 Å². The molecule has 2 N–H and O–H groups in total. The van der Waals surface area contributed by atoms with Crippen molar-refractivity contribution in [2.24, 2.45) is 5.92 Å². The summed E-state index contributed by atoms with van der Waals surface area (Å²) in [5.41, 5.74) is 0. The zero-order valence-corrected chi connectivity index (χ0v) is 10.8. The van der Waals surface area contributed by atoms with Crippen LogP contribution in [0.1, 0.15) is 27.2 Å². The summed E-state index contributed by atoms with van der Waals surface area (Å²) in [5.74, 6) is -0.692. The van der Waals surface area contributed by atoms with Crippen molar-refractivity contribution in [1.29, 1.82) is 0 Å². The first kappa shape index (κ1) is 15.5. The number of urea groups is 1. The Balaban J connectivity index is 4.45. The molecule has 0 saturated carbocycles. The third-order valence-electron chi connectivity index (χ3n) is 2.25. The number of nitrogens with zero attached hydrogens (tertiary/aromatic N) is 1. The van der Waals surface area contributed by atoms with Crippen molar-refractivity contribution in [2.75, 3.05) is 13.1 Å². The van der Waals surface area contributed by atoms with E-state index in [1.807, 2.05) is 20.8 Å². The molecular formula is C12H22N2O3. The summed E-state index contributed by atoms with van der Waals surface area (Å²) in [4.78, 5) is 24.3. The molecule has 0 rings (SSSR count). The lowest BCUT2D eigenvalue weighted by atomic mass is 10.2. The molecular weight excluding hydrogens is 220 g/mol. The van der Waals surface area contributed by atoms with E-state index in [2.05, 4.69) is 11.9 Å². The van der Waals surface area contributed by atoms with E-state index >= 15 is 0 Å². The molecule has 0 aromatic carbocycles. The number of carbonyl (C=O) groups is 2. The maximum atomic E-state index is 11.8. The Kier molecular flexibility index (Phi) is 7.02. The smallest absolute Gasteiger partial charge is 0.326 e. The average molecular weight is 242 g/mol. The lowest BCUT2D eigenvalue weighted by Crippen LogP contribution is -2.48. The number of carboxylic acid groups (broad SMARTS) is 1. The Morgan fingerprint density at radius 3 is 2.41 bits per heavy atom. The maximum absolute atomic E-state index is 11.8. The van der Waals surface area contributed by atoms with Gasteiger partial charge in [0.2, 0.25) is 0 Å². The molecule has 0 heterocycles. The number of hydrogen-bond donors (Lipinski definition) is 2. The Morgan fingerprint density at radius 2 is 2.06 bits per heavy atom. The molecule has 5 heteroatoms. The normalized spacial score (nSPS) is 12.0. The van der Waals surface area contributed by atoms with Crippen LogP contribution < -0.4 is 5.32 Å². The fraction of sp³-hybridized carbons (Fsp3) is 0.667. The zero-order valence-electron chi connectivity index (χ0n) is 10.8. The molecule has 1 unspecified atom stereocenters. The molecule has 0 aromatic rings. The highest BCUT2D eigenvalue weighted by molar-refractivity contribution is 5.82. The molecule has 98 valence electrons. The summed E-state index contributed by atoms with van der Waals surface area (Å²) in [5, 5.41) is 11.4. The van der Waals surface area contributed by atoms with E-state index in [0.717, 1.165) is 0 Å². The molecule has 1 atom stereocenters. The number of hydrogen-bond acceptors (Lipinski definition) is 2. The Labute approximate surface area is 102 Å². The topological polar surface area (TPSA) is 69.6 Å². The van der Waals surface area contributed by atoms with Crippen LogP contribution in [0.5, 0.6) is 0 Å². The van der Waals surface area contributed by atoms with Crippen LogP contribution in [0, 0.1) is 5.92 Å². The van der Waals surface area contributed by atoms with Crippen molar-refractivity contribution in [3.8, 4) is 0 Å². The highest BCUT2D eigenvalue weighted by Gasteiger charge is 2.21. The van der Waals surface area contributed by atoms with Gasteiger partial charge in [-0.1, -0.05) is 19.9 Å². The van der Waals surface area contributed by atoms with E-state index < -0.39 is 12.0 Å². The van der Waals surface area contributed by atoms with Crippen molar-refractivity contribution in [3.05, 3.63) is 12.7 Å². The zero-order chi connectivity index (χ0) is 13.4. The molecule has 5 nitrogen and oxygen atoms in total. The number of rotatable bonds is 7. The second kappa shape index (κ2) is 7.70. The molecule has 0 fully saturated rings. The van der Waals surface area contributed by atoms with Crippen LogP contribution in [0.2, 0.25) is 0 Å². The quantitative estimate of drug-likeness (QED) is 0.668. The lowest BCUT2D eigenvalue weighted by Gasteiger charge is -2.25. The third-order valence-corrected chi connectivity index (χ3v) is 2.25. The first-order chi connectivity index (χ1) is 7.92. The van der Waals surface area contributed by atoms with Gasteiger partial charge in [0.05, 0.1) is 0 Å². The minimum Gasteiger partial charge on any atom is -0.480 e. The summed E-state index contributed by atoms with van der Waals surface area (Å²) in [6.07, 6.45) is 1.71. The molecule has 0 aromatic heterocycles. The van der Waals surface area contributed by atoms with E-state index in [1.54, 1.807) is 4.90 Å². The largest absolute Gasteiger partial charge is 0.480 e. The van der Waals surface area contributed by atoms with Gasteiger partial charge in [0.25, 0.3) is 0 Å². The third kappa shape index (κ3) is 5.94. The standard InChI is InChI=1S/C12H22N2O3/c1-5-7-10(11(15)16)13-12(17)14(6-2)8-9(3)4/h5,9-10H,1,6-8H2,2-4H3,(H,13,17)(H,15,16). The number of amides is 2. The number of aliphatic carboxylic acids is 1. The number of carbonyl (C=O) groups excluding carboxylic acids is 1. The minimum absolute atomic E-state index is 0.223. The van der Waals surface area contributed by atoms with E-state index in [-0.39, 0.29) is 12.5 Å². The van der Waals surface area contributed by atoms with E-state index in [9.17, 15) is 9.59 Å². The monoisotopic (exact) mass is 242 g/mol. The Bertz CT molecular complexity index is 277. The maximum Gasteiger partial charge on any atom is 0.326 e. The molecule has 0 saturated heterocycles. The van der Waals surface area contributed by atoms with Gasteiger partial charge in [-0.25, -0.2) is 9.59 Å². The second-order valence-corrected chi connectivity index (χ2v) is 4.30. The lowest BCUT2D eigenvalue weighted by molar-refractivity contribution is -0.139. The van der Waals surface area contributed by atoms with Crippen molar-refractivity contribution < 1.29 is 14.7 Å². The van der Waals surface area contributed by atoms with Gasteiger partial charge in [-0.05, 0) is 19.3 Å². The molecule has 0 radical (unpaired) electrons. The van der Waals surface area contributed by atoms with Gasteiger partial charge in [-0.15, -0.1) is 6.58 Å². The van der Waals surface area contributed by atoms with Crippen LogP contribution in [-0.4, -0.2) is 41.1 Å². The summed E-state index contributed by atoms with van der Waals surface area (Å²) < 4.78 is 0. The van der Waals surface area contributed by atoms with Crippen LogP contribution in [0.15, 0.2) is 12.7 Å². The summed E-state index contributed by atoms with van der Waals surface area (Å²) in [6.45, 7) is 10.5. The minimum atomic E-state index is -1.04. The molecule has 17 heavy (non-hydrogen) atoms. The Hall–Kier alpha value is -1.52. The summed E-state index contributed by atoms with van der Waals surface area (Å²) in [7, 11) is 0. The second-order valence-electron chi connectivity index (χ2n) is 4.30. The Morgan fingerprint density at radius 1 is 1.47 bits per heavy atom. The van der Waals surface area contributed by atoms with E-state index in [1.165, 1.54) is 6.08 Å². The fourth-order valence-corrected chi connectivity index (χ4v) is 1.42. The molecule has 0 aliphatic heterocycles. The van der Waals surface area contributed by atoms with Crippen LogP contribution >= 0.6 is 0 Å². The van der Waals surface area contributed by atoms with Crippen LogP contribution in [0.25, 0.3) is 0 Å². The van der Waals surface area contributed by atoms with Gasteiger partial charge in [-0.3, -0.25) is 0 Å². The highest BCUT2D eigenvalue weighted by Crippen LogP contribution is 2.01. The van der Waals surface area contributed by atoms with Gasteiger partial charge in [0, 0.05) is 13.1 Å². The predicted octanol–water partition coefficient (Wildman–Crippen LogP) is 1.70. The molecule has 0 spiro atoms. The van der Waals surface area contributed by atoms with Gasteiger partial charge >= 0.3 is 12.0 Å². The van der Waals surface area contributed by atoms with Crippen molar-refractivity contribution in [2.45, 2.75) is 33.2 Å². The van der Waals surface area contributed by atoms with Crippen LogP contribution in [-0.2, 0) is 4.79 Å². The first-order valence-electron chi connectivity index (χ1n) is 5.81. The van der Waals surface area contributed by atoms with Crippen molar-refractivity contribution in [3.63, 3.8) is 0 Å². The fourth-order valence-electron chi connectivity index (χ4n) is 1.42. The average Bonchev–Trinajstić information content (AvgIpc) is 2.24. The van der Waals surface area contributed by atoms with Gasteiger partial charge < -0.3 is 15.3 Å². The summed E-state index contributed by atoms with van der Waals surface area (Å²) >= 11 is 0. The van der Waals surface area contributed by atoms with Crippen LogP contribution in [0.3, 0.4) is 0 Å². The van der Waals surface area contributed by atoms with Crippen molar-refractivity contribution >= 4 is 12.0 Å². The van der Waals surface area contributed by atoms with Gasteiger partial charge in [0.1, 0.15) is 6.04 Å². The molecule has 0 aliphatic carbocycles. The predicted molar refractivity (Wildman–Crippen MR) is 66.9 cm³/mol. The summed E-state index contributed by atoms with van der Waals surface area (Å²) in [6, 6.07) is -1.24. The number of carboxylic acids is 1. The van der Waals surface area contributed by atoms with E-state index in [0.29, 0.717) is 19.0 Å². The molecule has 0 aliphatic rings. The molecule has 2 amide bonds.